The Hall–Kier alpha value is -1.05. The highest BCUT2D eigenvalue weighted by Crippen LogP contribution is 2.49. The second-order valence-corrected chi connectivity index (χ2v) is 6.73. The van der Waals surface area contributed by atoms with Crippen molar-refractivity contribution in [1.82, 2.24) is 0 Å². The number of rotatable bonds is 5. The van der Waals surface area contributed by atoms with Gasteiger partial charge in [-0.2, -0.15) is 0 Å². The third-order valence-corrected chi connectivity index (χ3v) is 4.02. The number of ether oxygens (including phenoxy) is 1. The highest BCUT2D eigenvalue weighted by Gasteiger charge is 2.39. The van der Waals surface area contributed by atoms with Crippen molar-refractivity contribution in [3.8, 4) is 0 Å². The maximum absolute atomic E-state index is 11.5. The van der Waals surface area contributed by atoms with Gasteiger partial charge in [-0.25, -0.2) is 4.79 Å². The fraction of sp³-hybridized carbons (Fsp3) is 0.706. The van der Waals surface area contributed by atoms with E-state index in [0.717, 1.165) is 12.0 Å². The van der Waals surface area contributed by atoms with E-state index in [2.05, 4.69) is 27.4 Å². The molecule has 1 fully saturated rings. The molecule has 0 aromatic rings. The van der Waals surface area contributed by atoms with Gasteiger partial charge in [-0.3, -0.25) is 0 Å². The zero-order valence-electron chi connectivity index (χ0n) is 13.1. The third-order valence-electron chi connectivity index (χ3n) is 4.02. The van der Waals surface area contributed by atoms with Crippen molar-refractivity contribution >= 4 is 5.97 Å². The lowest BCUT2D eigenvalue weighted by molar-refractivity contribution is -0.137. The van der Waals surface area contributed by atoms with Gasteiger partial charge in [0.1, 0.15) is 0 Å². The van der Waals surface area contributed by atoms with Crippen molar-refractivity contribution < 1.29 is 9.53 Å². The van der Waals surface area contributed by atoms with E-state index >= 15 is 0 Å². The molecule has 0 aromatic heterocycles. The predicted octanol–water partition coefficient (Wildman–Crippen LogP) is 4.51. The standard InChI is InChI=1S/C17H28O2/c1-7-19-16(18)9-13(4)8-14-10-17(5,6)11-15(14)12(2)3/h9,14-15H,2,7-8,10-11H2,1,3-6H3/b13-9-/t14-,15-/m0/s1. The Kier molecular flexibility index (Phi) is 5.39. The van der Waals surface area contributed by atoms with Crippen molar-refractivity contribution in [3.63, 3.8) is 0 Å². The van der Waals surface area contributed by atoms with Crippen LogP contribution in [0, 0.1) is 17.3 Å². The molecule has 1 aliphatic rings. The second-order valence-electron chi connectivity index (χ2n) is 6.73. The topological polar surface area (TPSA) is 26.3 Å². The lowest BCUT2D eigenvalue weighted by atomic mass is 9.86. The largest absolute Gasteiger partial charge is 0.463 e. The van der Waals surface area contributed by atoms with Crippen LogP contribution < -0.4 is 0 Å². The van der Waals surface area contributed by atoms with E-state index in [1.165, 1.54) is 18.4 Å². The molecule has 0 spiro atoms. The Morgan fingerprint density at radius 2 is 2.00 bits per heavy atom. The van der Waals surface area contributed by atoms with Crippen LogP contribution in [0.25, 0.3) is 0 Å². The summed E-state index contributed by atoms with van der Waals surface area (Å²) in [6.07, 6.45) is 5.03. The molecule has 0 bridgehead atoms. The van der Waals surface area contributed by atoms with Gasteiger partial charge in [0.15, 0.2) is 0 Å². The van der Waals surface area contributed by atoms with Gasteiger partial charge < -0.3 is 4.74 Å². The smallest absolute Gasteiger partial charge is 0.330 e. The van der Waals surface area contributed by atoms with E-state index in [0.29, 0.717) is 23.9 Å². The van der Waals surface area contributed by atoms with E-state index in [-0.39, 0.29) is 5.97 Å². The van der Waals surface area contributed by atoms with E-state index in [1.54, 1.807) is 6.08 Å². The monoisotopic (exact) mass is 264 g/mol. The summed E-state index contributed by atoms with van der Waals surface area (Å²) in [5, 5.41) is 0. The molecular weight excluding hydrogens is 236 g/mol. The summed E-state index contributed by atoms with van der Waals surface area (Å²) in [6.45, 7) is 15.2. The van der Waals surface area contributed by atoms with Crippen molar-refractivity contribution in [1.29, 1.82) is 0 Å². The molecule has 0 aliphatic heterocycles. The molecule has 1 rings (SSSR count). The molecule has 0 amide bonds. The first-order chi connectivity index (χ1) is 8.75. The minimum atomic E-state index is -0.218. The molecule has 0 aromatic carbocycles. The van der Waals surface area contributed by atoms with Crippen LogP contribution in [-0.4, -0.2) is 12.6 Å². The number of carbonyl (C=O) groups is 1. The third kappa shape index (κ3) is 4.85. The number of hydrogen-bond donors (Lipinski definition) is 0. The SMILES string of the molecule is C=C(C)[C@@H]1CC(C)(C)C[C@@H]1C/C(C)=C\C(=O)OCC. The minimum absolute atomic E-state index is 0.218. The molecule has 0 N–H and O–H groups in total. The highest BCUT2D eigenvalue weighted by molar-refractivity contribution is 5.82. The van der Waals surface area contributed by atoms with Crippen LogP contribution >= 0.6 is 0 Å². The van der Waals surface area contributed by atoms with Crippen LogP contribution in [-0.2, 0) is 9.53 Å². The molecule has 1 saturated carbocycles. The fourth-order valence-electron chi connectivity index (χ4n) is 3.35. The maximum Gasteiger partial charge on any atom is 0.330 e. The summed E-state index contributed by atoms with van der Waals surface area (Å²) >= 11 is 0. The van der Waals surface area contributed by atoms with E-state index < -0.39 is 0 Å². The molecule has 2 nitrogen and oxygen atoms in total. The van der Waals surface area contributed by atoms with Crippen molar-refractivity contribution in [2.24, 2.45) is 17.3 Å². The summed E-state index contributed by atoms with van der Waals surface area (Å²) in [7, 11) is 0. The van der Waals surface area contributed by atoms with Crippen LogP contribution in [0.2, 0.25) is 0 Å². The van der Waals surface area contributed by atoms with Crippen LogP contribution in [0.5, 0.6) is 0 Å². The van der Waals surface area contributed by atoms with E-state index in [1.807, 2.05) is 13.8 Å². The molecule has 108 valence electrons. The van der Waals surface area contributed by atoms with Crippen LogP contribution in [0.4, 0.5) is 0 Å². The zero-order valence-corrected chi connectivity index (χ0v) is 13.1. The number of esters is 1. The van der Waals surface area contributed by atoms with Gasteiger partial charge in [0, 0.05) is 6.08 Å². The van der Waals surface area contributed by atoms with Gasteiger partial charge in [-0.15, -0.1) is 0 Å². The lowest BCUT2D eigenvalue weighted by Gasteiger charge is -2.19. The maximum atomic E-state index is 11.5. The Morgan fingerprint density at radius 3 is 2.53 bits per heavy atom. The van der Waals surface area contributed by atoms with Gasteiger partial charge in [0.2, 0.25) is 0 Å². The molecule has 1 aliphatic carbocycles. The predicted molar refractivity (Wildman–Crippen MR) is 79.8 cm³/mol. The molecule has 2 heteroatoms. The second kappa shape index (κ2) is 6.40. The van der Waals surface area contributed by atoms with Gasteiger partial charge in [-0.1, -0.05) is 31.6 Å². The van der Waals surface area contributed by atoms with Gasteiger partial charge in [0.05, 0.1) is 6.61 Å². The normalized spacial score (nSPS) is 26.3. The average molecular weight is 264 g/mol. The van der Waals surface area contributed by atoms with Crippen molar-refractivity contribution in [2.75, 3.05) is 6.61 Å². The Balaban J connectivity index is 2.69. The van der Waals surface area contributed by atoms with Crippen LogP contribution in [0.1, 0.15) is 53.9 Å². The van der Waals surface area contributed by atoms with E-state index in [4.69, 9.17) is 4.74 Å². The average Bonchev–Trinajstić information content (AvgIpc) is 2.53. The molecular formula is C17H28O2. The number of carbonyl (C=O) groups excluding carboxylic acids is 1. The van der Waals surface area contributed by atoms with Gasteiger partial charge in [-0.05, 0) is 57.3 Å². The Morgan fingerprint density at radius 1 is 1.37 bits per heavy atom. The summed E-state index contributed by atoms with van der Waals surface area (Å²) in [5.41, 5.74) is 2.78. The molecule has 0 unspecified atom stereocenters. The van der Waals surface area contributed by atoms with Gasteiger partial charge >= 0.3 is 5.97 Å². The van der Waals surface area contributed by atoms with Gasteiger partial charge in [0.25, 0.3) is 0 Å². The zero-order chi connectivity index (χ0) is 14.6. The Labute approximate surface area is 117 Å². The minimum Gasteiger partial charge on any atom is -0.463 e. The summed E-state index contributed by atoms with van der Waals surface area (Å²) in [6, 6.07) is 0. The molecule has 0 radical (unpaired) electrons. The fourth-order valence-corrected chi connectivity index (χ4v) is 3.35. The molecule has 2 atom stereocenters. The molecule has 0 heterocycles. The Bertz CT molecular complexity index is 377. The van der Waals surface area contributed by atoms with Crippen LogP contribution in [0.15, 0.2) is 23.8 Å². The first-order valence-corrected chi connectivity index (χ1v) is 7.24. The van der Waals surface area contributed by atoms with Crippen molar-refractivity contribution in [3.05, 3.63) is 23.8 Å². The summed E-state index contributed by atoms with van der Waals surface area (Å²) in [4.78, 5) is 11.5. The van der Waals surface area contributed by atoms with E-state index in [9.17, 15) is 4.79 Å². The quantitative estimate of drug-likeness (QED) is 0.415. The van der Waals surface area contributed by atoms with Crippen LogP contribution in [0.3, 0.4) is 0 Å². The summed E-state index contributed by atoms with van der Waals surface area (Å²) in [5.74, 6) is 0.975. The lowest BCUT2D eigenvalue weighted by Crippen LogP contribution is -2.10. The van der Waals surface area contributed by atoms with Crippen molar-refractivity contribution in [2.45, 2.75) is 53.9 Å². The molecule has 19 heavy (non-hydrogen) atoms. The number of allylic oxidation sites excluding steroid dienone is 2. The number of hydrogen-bond acceptors (Lipinski definition) is 2. The first kappa shape index (κ1) is 16.0. The molecule has 0 saturated heterocycles. The first-order valence-electron chi connectivity index (χ1n) is 7.24. The summed E-state index contributed by atoms with van der Waals surface area (Å²) < 4.78 is 4.96. The highest BCUT2D eigenvalue weighted by atomic mass is 16.5.